The molecule has 0 atom stereocenters. The van der Waals surface area contributed by atoms with Gasteiger partial charge in [0.05, 0.1) is 23.1 Å². The number of rotatable bonds is 5. The molecule has 0 aliphatic heterocycles. The van der Waals surface area contributed by atoms with Crippen LogP contribution >= 0.6 is 0 Å². The average Bonchev–Trinajstić information content (AvgIpc) is 3.15. The molecule has 7 heteroatoms. The molecule has 1 aliphatic rings. The number of ketones is 1. The first-order valence-electron chi connectivity index (χ1n) is 10.3. The Morgan fingerprint density at radius 2 is 1.94 bits per heavy atom. The maximum absolute atomic E-state index is 13.3. The lowest BCUT2D eigenvalue weighted by Gasteiger charge is -2.13. The van der Waals surface area contributed by atoms with Crippen molar-refractivity contribution in [3.8, 4) is 11.4 Å². The zero-order valence-corrected chi connectivity index (χ0v) is 17.5. The van der Waals surface area contributed by atoms with Crippen molar-refractivity contribution in [2.75, 3.05) is 0 Å². The number of halogens is 1. The van der Waals surface area contributed by atoms with Crippen LogP contribution in [0.5, 0.6) is 5.75 Å². The monoisotopic (exact) mass is 431 g/mol. The second-order valence-corrected chi connectivity index (χ2v) is 7.52. The molecule has 0 saturated heterocycles. The van der Waals surface area contributed by atoms with Crippen molar-refractivity contribution < 1.29 is 19.1 Å². The number of benzene rings is 2. The van der Waals surface area contributed by atoms with Crippen LogP contribution in [0.15, 0.2) is 60.8 Å². The van der Waals surface area contributed by atoms with Crippen molar-refractivity contribution >= 4 is 23.3 Å². The number of hydrogen-bond acceptors (Lipinski definition) is 4. The molecule has 0 radical (unpaired) electrons. The van der Waals surface area contributed by atoms with Gasteiger partial charge in [-0.15, -0.1) is 0 Å². The maximum Gasteiger partial charge on any atom is 0.251 e. The molecular formula is C25H22FN3O3. The maximum atomic E-state index is 13.3. The van der Waals surface area contributed by atoms with Crippen molar-refractivity contribution in [2.45, 2.75) is 26.3 Å². The number of phenolic OH excluding ortho intramolecular Hbond substituents is 1. The Morgan fingerprint density at radius 3 is 2.66 bits per heavy atom. The Labute approximate surface area is 184 Å². The van der Waals surface area contributed by atoms with Gasteiger partial charge in [0, 0.05) is 17.7 Å². The largest absolute Gasteiger partial charge is 0.507 e. The van der Waals surface area contributed by atoms with Gasteiger partial charge in [0.1, 0.15) is 11.6 Å². The van der Waals surface area contributed by atoms with Crippen molar-refractivity contribution in [2.24, 2.45) is 0 Å². The summed E-state index contributed by atoms with van der Waals surface area (Å²) in [4.78, 5) is 24.5. The molecule has 162 valence electrons. The van der Waals surface area contributed by atoms with Crippen molar-refractivity contribution in [1.29, 1.82) is 0 Å². The number of fused-ring (bicyclic) bond motifs is 1. The number of aromatic nitrogens is 2. The predicted molar refractivity (Wildman–Crippen MR) is 120 cm³/mol. The first-order valence-corrected chi connectivity index (χ1v) is 10.3. The van der Waals surface area contributed by atoms with Crippen molar-refractivity contribution in [1.82, 2.24) is 15.1 Å². The van der Waals surface area contributed by atoms with E-state index in [-0.39, 0.29) is 35.4 Å². The van der Waals surface area contributed by atoms with Crippen molar-refractivity contribution in [3.05, 3.63) is 89.0 Å². The topological polar surface area (TPSA) is 84.2 Å². The molecule has 0 saturated carbocycles. The Hall–Kier alpha value is -4.00. The van der Waals surface area contributed by atoms with E-state index in [1.807, 2.05) is 18.2 Å². The normalized spacial score (nSPS) is 13.0. The number of aromatic hydroxyl groups is 1. The zero-order valence-electron chi connectivity index (χ0n) is 17.5. The minimum atomic E-state index is -0.332. The number of amides is 1. The second-order valence-electron chi connectivity index (χ2n) is 7.52. The van der Waals surface area contributed by atoms with Crippen LogP contribution in [0.25, 0.3) is 17.3 Å². The van der Waals surface area contributed by atoms with E-state index >= 15 is 0 Å². The molecule has 0 fully saturated rings. The minimum absolute atomic E-state index is 0.109. The van der Waals surface area contributed by atoms with Gasteiger partial charge in [-0.3, -0.25) is 9.59 Å². The Kier molecular flexibility index (Phi) is 5.98. The van der Waals surface area contributed by atoms with E-state index in [0.29, 0.717) is 28.8 Å². The highest BCUT2D eigenvalue weighted by Gasteiger charge is 2.20. The van der Waals surface area contributed by atoms with E-state index in [1.54, 1.807) is 35.1 Å². The molecule has 0 unspecified atom stereocenters. The van der Waals surface area contributed by atoms with Gasteiger partial charge in [0.2, 0.25) is 0 Å². The molecule has 1 aliphatic carbocycles. The van der Waals surface area contributed by atoms with E-state index in [1.165, 1.54) is 25.1 Å². The van der Waals surface area contributed by atoms with Gasteiger partial charge in [-0.1, -0.05) is 18.2 Å². The molecular weight excluding hydrogens is 409 g/mol. The third-order valence-electron chi connectivity index (χ3n) is 5.26. The van der Waals surface area contributed by atoms with Crippen LogP contribution < -0.4 is 5.32 Å². The lowest BCUT2D eigenvalue weighted by Crippen LogP contribution is -2.24. The Bertz CT molecular complexity index is 1240. The molecule has 32 heavy (non-hydrogen) atoms. The summed E-state index contributed by atoms with van der Waals surface area (Å²) in [6.07, 6.45) is 8.92. The van der Waals surface area contributed by atoms with Crippen LogP contribution in [0, 0.1) is 5.82 Å². The van der Waals surface area contributed by atoms with E-state index in [2.05, 4.69) is 10.4 Å². The highest BCUT2D eigenvalue weighted by Crippen LogP contribution is 2.27. The summed E-state index contributed by atoms with van der Waals surface area (Å²) in [5.41, 5.74) is 3.53. The fourth-order valence-corrected chi connectivity index (χ4v) is 3.62. The van der Waals surface area contributed by atoms with Crippen LogP contribution in [0.1, 0.15) is 46.9 Å². The summed E-state index contributed by atoms with van der Waals surface area (Å²) in [5, 5.41) is 17.3. The van der Waals surface area contributed by atoms with Crippen LogP contribution in [0.3, 0.4) is 0 Å². The molecule has 3 aromatic rings. The molecule has 2 aromatic carbocycles. The number of allylic oxidation sites excluding steroid dienone is 2. The Balaban J connectivity index is 1.58. The first-order chi connectivity index (χ1) is 15.4. The van der Waals surface area contributed by atoms with E-state index in [4.69, 9.17) is 0 Å². The van der Waals surface area contributed by atoms with Gasteiger partial charge in [-0.25, -0.2) is 9.07 Å². The van der Waals surface area contributed by atoms with Gasteiger partial charge in [0.15, 0.2) is 5.78 Å². The second kappa shape index (κ2) is 9.01. The summed E-state index contributed by atoms with van der Waals surface area (Å²) >= 11 is 0. The quantitative estimate of drug-likeness (QED) is 0.586. The molecule has 0 spiro atoms. The van der Waals surface area contributed by atoms with E-state index in [9.17, 15) is 19.1 Å². The van der Waals surface area contributed by atoms with Crippen LogP contribution in [-0.2, 0) is 11.3 Å². The van der Waals surface area contributed by atoms with Gasteiger partial charge >= 0.3 is 0 Å². The SMILES string of the molecule is CC(=O)c1ccc(CNC(=O)C2=CCCC=Cc3c2cnn3-c2ccc(F)cc2)cc1O. The lowest BCUT2D eigenvalue weighted by atomic mass is 10.0. The summed E-state index contributed by atoms with van der Waals surface area (Å²) in [6.45, 7) is 1.58. The molecule has 2 N–H and O–H groups in total. The van der Waals surface area contributed by atoms with E-state index < -0.39 is 0 Å². The van der Waals surface area contributed by atoms with Gasteiger partial charge in [0.25, 0.3) is 5.91 Å². The Morgan fingerprint density at radius 1 is 1.16 bits per heavy atom. The van der Waals surface area contributed by atoms with E-state index in [0.717, 1.165) is 12.1 Å². The highest BCUT2D eigenvalue weighted by molar-refractivity contribution is 6.20. The zero-order chi connectivity index (χ0) is 22.7. The summed E-state index contributed by atoms with van der Waals surface area (Å²) < 4.78 is 15.0. The molecule has 4 rings (SSSR count). The minimum Gasteiger partial charge on any atom is -0.507 e. The van der Waals surface area contributed by atoms with Gasteiger partial charge < -0.3 is 10.4 Å². The fraction of sp³-hybridized carbons (Fsp3) is 0.160. The number of nitrogens with one attached hydrogen (secondary N) is 1. The van der Waals surface area contributed by atoms with Crippen LogP contribution in [0.4, 0.5) is 4.39 Å². The number of Topliss-reactive ketones (excluding diaryl/α,β-unsaturated/α-hetero) is 1. The number of phenols is 1. The van der Waals surface area contributed by atoms with Gasteiger partial charge in [-0.2, -0.15) is 5.10 Å². The molecule has 1 heterocycles. The summed E-state index contributed by atoms with van der Waals surface area (Å²) in [6, 6.07) is 10.7. The molecule has 1 amide bonds. The predicted octanol–water partition coefficient (Wildman–Crippen LogP) is 4.43. The number of nitrogens with zero attached hydrogens (tertiary/aromatic N) is 2. The summed E-state index contributed by atoms with van der Waals surface area (Å²) in [5.74, 6) is -0.934. The third-order valence-corrected chi connectivity index (χ3v) is 5.26. The number of carbonyl (C=O) groups is 2. The third kappa shape index (κ3) is 4.37. The van der Waals surface area contributed by atoms with Crippen molar-refractivity contribution in [3.63, 3.8) is 0 Å². The molecule has 1 aromatic heterocycles. The lowest BCUT2D eigenvalue weighted by molar-refractivity contribution is -0.115. The highest BCUT2D eigenvalue weighted by atomic mass is 19.1. The first kappa shape index (κ1) is 21.2. The fourth-order valence-electron chi connectivity index (χ4n) is 3.62. The average molecular weight is 431 g/mol. The standard InChI is InChI=1S/C25H22FN3O3/c1-16(30)20-12-7-17(13-24(20)31)14-27-25(32)21-5-3-2-4-6-23-22(21)15-28-29(23)19-10-8-18(26)9-11-19/h4-13,15,31H,2-3,14H2,1H3,(H,27,32). The van der Waals surface area contributed by atoms with Crippen LogP contribution in [-0.4, -0.2) is 26.6 Å². The number of carbonyl (C=O) groups excluding carboxylic acids is 2. The molecule has 6 nitrogen and oxygen atoms in total. The van der Waals surface area contributed by atoms with Crippen LogP contribution in [0.2, 0.25) is 0 Å². The molecule has 0 bridgehead atoms. The number of hydrogen-bond donors (Lipinski definition) is 2. The summed E-state index contributed by atoms with van der Waals surface area (Å²) in [7, 11) is 0. The smallest absolute Gasteiger partial charge is 0.251 e. The van der Waals surface area contributed by atoms with Gasteiger partial charge in [-0.05, 0) is 67.8 Å².